The van der Waals surface area contributed by atoms with Crippen molar-refractivity contribution in [2.45, 2.75) is 26.9 Å². The maximum atomic E-state index is 2.39. The van der Waals surface area contributed by atoms with Gasteiger partial charge in [0.15, 0.2) is 0 Å². The first-order valence-electron chi connectivity index (χ1n) is 14.6. The third kappa shape index (κ3) is 6.45. The molecule has 6 aromatic carbocycles. The van der Waals surface area contributed by atoms with Crippen molar-refractivity contribution in [3.05, 3.63) is 180 Å². The molecule has 0 atom stereocenters. The van der Waals surface area contributed by atoms with Crippen molar-refractivity contribution in [1.29, 1.82) is 0 Å². The maximum Gasteiger partial charge on any atom is 0.0481 e. The van der Waals surface area contributed by atoms with E-state index in [0.717, 1.165) is 13.1 Å². The van der Waals surface area contributed by atoms with E-state index >= 15 is 0 Å². The van der Waals surface area contributed by atoms with Crippen molar-refractivity contribution in [3.8, 4) is 11.1 Å². The summed E-state index contributed by atoms with van der Waals surface area (Å²) in [6.45, 7) is 5.93. The molecule has 0 aliphatic carbocycles. The molecule has 6 aromatic rings. The van der Waals surface area contributed by atoms with Crippen LogP contribution in [0.3, 0.4) is 0 Å². The second kappa shape index (κ2) is 12.6. The van der Waals surface area contributed by atoms with Crippen LogP contribution in [0, 0.1) is 13.8 Å². The fourth-order valence-electron chi connectivity index (χ4n) is 5.45. The van der Waals surface area contributed by atoms with Gasteiger partial charge in [-0.05, 0) is 95.8 Å². The molecule has 0 aromatic heterocycles. The summed E-state index contributed by atoms with van der Waals surface area (Å²) in [5.74, 6) is 0. The van der Waals surface area contributed by atoms with E-state index in [1.54, 1.807) is 0 Å². The molecule has 0 aliphatic rings. The molecule has 2 heteroatoms. The molecule has 0 fully saturated rings. The average molecular weight is 545 g/mol. The Kier molecular flexibility index (Phi) is 8.14. The predicted octanol–water partition coefficient (Wildman–Crippen LogP) is 10.6. The Bertz CT molecular complexity index is 1590. The van der Waals surface area contributed by atoms with Gasteiger partial charge in [0.05, 0.1) is 0 Å². The van der Waals surface area contributed by atoms with Crippen LogP contribution in [0.2, 0.25) is 0 Å². The molecule has 0 saturated heterocycles. The second-order valence-electron chi connectivity index (χ2n) is 10.9. The normalized spacial score (nSPS) is 10.8. The quantitative estimate of drug-likeness (QED) is 0.179. The Hall–Kier alpha value is -5.08. The molecule has 206 valence electrons. The molecular weight excluding hydrogens is 508 g/mol. The Morgan fingerprint density at radius 2 is 0.738 bits per heavy atom. The van der Waals surface area contributed by atoms with Crippen LogP contribution < -0.4 is 9.80 Å². The Balaban J connectivity index is 1.27. The van der Waals surface area contributed by atoms with Gasteiger partial charge in [-0.25, -0.2) is 0 Å². The van der Waals surface area contributed by atoms with Crippen molar-refractivity contribution >= 4 is 22.7 Å². The van der Waals surface area contributed by atoms with Gasteiger partial charge in [-0.2, -0.15) is 0 Å². The van der Waals surface area contributed by atoms with Gasteiger partial charge >= 0.3 is 0 Å². The number of aryl methyl sites for hydroxylation is 2. The Labute approximate surface area is 250 Å². The summed E-state index contributed by atoms with van der Waals surface area (Å²) in [4.78, 5) is 4.77. The van der Waals surface area contributed by atoms with Gasteiger partial charge in [-0.3, -0.25) is 0 Å². The van der Waals surface area contributed by atoms with E-state index in [1.807, 2.05) is 0 Å². The zero-order valence-electron chi connectivity index (χ0n) is 24.3. The van der Waals surface area contributed by atoms with Crippen LogP contribution in [0.1, 0.15) is 22.3 Å². The van der Waals surface area contributed by atoms with Crippen LogP contribution in [0.4, 0.5) is 22.7 Å². The van der Waals surface area contributed by atoms with Crippen molar-refractivity contribution in [2.24, 2.45) is 0 Å². The summed E-state index contributed by atoms with van der Waals surface area (Å²) < 4.78 is 0. The van der Waals surface area contributed by atoms with E-state index in [0.29, 0.717) is 0 Å². The van der Waals surface area contributed by atoms with Crippen LogP contribution >= 0.6 is 0 Å². The lowest BCUT2D eigenvalue weighted by atomic mass is 10.0. The van der Waals surface area contributed by atoms with Crippen LogP contribution in [0.5, 0.6) is 0 Å². The molecule has 0 bridgehead atoms. The largest absolute Gasteiger partial charge is 0.337 e. The molecular formula is C40H36N2. The van der Waals surface area contributed by atoms with Crippen molar-refractivity contribution in [2.75, 3.05) is 9.80 Å². The molecule has 6 rings (SSSR count). The first kappa shape index (κ1) is 27.1. The fraction of sp³-hybridized carbons (Fsp3) is 0.100. The maximum absolute atomic E-state index is 2.39. The lowest BCUT2D eigenvalue weighted by molar-refractivity contribution is 0.973. The Morgan fingerprint density at radius 3 is 1.10 bits per heavy atom. The van der Waals surface area contributed by atoms with Gasteiger partial charge in [-0.1, -0.05) is 109 Å². The topological polar surface area (TPSA) is 6.48 Å². The van der Waals surface area contributed by atoms with E-state index < -0.39 is 0 Å². The summed E-state index contributed by atoms with van der Waals surface area (Å²) in [6, 6.07) is 56.7. The van der Waals surface area contributed by atoms with Crippen molar-refractivity contribution in [3.63, 3.8) is 0 Å². The summed E-state index contributed by atoms with van der Waals surface area (Å²) in [5.41, 5.74) is 12.3. The van der Waals surface area contributed by atoms with Crippen LogP contribution in [-0.4, -0.2) is 0 Å². The SMILES string of the molecule is Cc1cccc(N(Cc2ccccc2)c2ccc(-c3ccc(N(Cc4ccccc4)c4cccc(C)c4)cc3)cc2)c1. The third-order valence-corrected chi connectivity index (χ3v) is 7.68. The summed E-state index contributed by atoms with van der Waals surface area (Å²) in [7, 11) is 0. The van der Waals surface area contributed by atoms with E-state index in [9.17, 15) is 0 Å². The third-order valence-electron chi connectivity index (χ3n) is 7.68. The first-order chi connectivity index (χ1) is 20.6. The standard InChI is InChI=1S/C40H36N2/c1-31-11-9-17-39(27-31)41(29-33-13-5-3-6-14-33)37-23-19-35(20-24-37)36-21-25-38(26-22-36)42(30-34-15-7-4-8-16-34)40-18-10-12-32(2)28-40/h3-28H,29-30H2,1-2H3. The van der Waals surface area contributed by atoms with Crippen LogP contribution in [-0.2, 0) is 13.1 Å². The van der Waals surface area contributed by atoms with Gasteiger partial charge in [0.25, 0.3) is 0 Å². The predicted molar refractivity (Wildman–Crippen MR) is 179 cm³/mol. The van der Waals surface area contributed by atoms with E-state index in [1.165, 1.54) is 56.1 Å². The highest BCUT2D eigenvalue weighted by Crippen LogP contribution is 2.33. The molecule has 0 unspecified atom stereocenters. The van der Waals surface area contributed by atoms with Gasteiger partial charge in [0, 0.05) is 35.8 Å². The van der Waals surface area contributed by atoms with Crippen molar-refractivity contribution < 1.29 is 0 Å². The smallest absolute Gasteiger partial charge is 0.0481 e. The molecule has 0 heterocycles. The van der Waals surface area contributed by atoms with Gasteiger partial charge in [0.1, 0.15) is 0 Å². The zero-order valence-corrected chi connectivity index (χ0v) is 24.3. The number of rotatable bonds is 9. The number of anilines is 4. The first-order valence-corrected chi connectivity index (χ1v) is 14.6. The molecule has 0 radical (unpaired) electrons. The lowest BCUT2D eigenvalue weighted by Crippen LogP contribution is -2.16. The fourth-order valence-corrected chi connectivity index (χ4v) is 5.45. The minimum atomic E-state index is 0.814. The molecule has 0 aliphatic heterocycles. The monoisotopic (exact) mass is 544 g/mol. The van der Waals surface area contributed by atoms with Gasteiger partial charge < -0.3 is 9.80 Å². The second-order valence-corrected chi connectivity index (χ2v) is 10.9. The van der Waals surface area contributed by atoms with Crippen LogP contribution in [0.25, 0.3) is 11.1 Å². The van der Waals surface area contributed by atoms with Crippen LogP contribution in [0.15, 0.2) is 158 Å². The molecule has 42 heavy (non-hydrogen) atoms. The Morgan fingerprint density at radius 1 is 0.357 bits per heavy atom. The van der Waals surface area contributed by atoms with E-state index in [4.69, 9.17) is 0 Å². The minimum absolute atomic E-state index is 0.814. The number of benzene rings is 6. The number of hydrogen-bond donors (Lipinski definition) is 0. The number of hydrogen-bond acceptors (Lipinski definition) is 2. The molecule has 0 saturated carbocycles. The molecule has 2 nitrogen and oxygen atoms in total. The highest BCUT2D eigenvalue weighted by atomic mass is 15.1. The highest BCUT2D eigenvalue weighted by Gasteiger charge is 2.13. The van der Waals surface area contributed by atoms with Crippen molar-refractivity contribution in [1.82, 2.24) is 0 Å². The average Bonchev–Trinajstić information content (AvgIpc) is 3.04. The van der Waals surface area contributed by atoms with Gasteiger partial charge in [-0.15, -0.1) is 0 Å². The van der Waals surface area contributed by atoms with E-state index in [-0.39, 0.29) is 0 Å². The summed E-state index contributed by atoms with van der Waals surface area (Å²) >= 11 is 0. The molecule has 0 spiro atoms. The number of nitrogens with zero attached hydrogens (tertiary/aromatic N) is 2. The van der Waals surface area contributed by atoms with E-state index in [2.05, 4.69) is 181 Å². The molecule has 0 amide bonds. The van der Waals surface area contributed by atoms with Gasteiger partial charge in [0.2, 0.25) is 0 Å². The summed E-state index contributed by atoms with van der Waals surface area (Å²) in [5, 5.41) is 0. The zero-order chi connectivity index (χ0) is 28.7. The summed E-state index contributed by atoms with van der Waals surface area (Å²) in [6.07, 6.45) is 0. The lowest BCUT2D eigenvalue weighted by Gasteiger charge is -2.26. The molecule has 0 N–H and O–H groups in total. The minimum Gasteiger partial charge on any atom is -0.337 e. The highest BCUT2D eigenvalue weighted by molar-refractivity contribution is 5.73.